The first-order chi connectivity index (χ1) is 8.86. The molecule has 3 rings (SSSR count). The lowest BCUT2D eigenvalue weighted by Crippen LogP contribution is -2.13. The van der Waals surface area contributed by atoms with Crippen LogP contribution in [0.5, 0.6) is 5.75 Å². The molecule has 3 heterocycles. The largest absolute Gasteiger partial charge is 0.493 e. The van der Waals surface area contributed by atoms with E-state index in [4.69, 9.17) is 4.74 Å². The monoisotopic (exact) mass is 263 g/mol. The van der Waals surface area contributed by atoms with Gasteiger partial charge < -0.3 is 4.74 Å². The molecule has 0 spiro atoms. The molecular weight excluding hydrogens is 246 g/mol. The number of hydrogen-bond acceptors (Lipinski definition) is 4. The number of methoxy groups -OCH3 is 1. The quantitative estimate of drug-likeness (QED) is 0.852. The Morgan fingerprint density at radius 2 is 2.50 bits per heavy atom. The molecule has 1 saturated heterocycles. The highest BCUT2D eigenvalue weighted by Gasteiger charge is 2.17. The van der Waals surface area contributed by atoms with Crippen LogP contribution in [0.15, 0.2) is 18.3 Å². The summed E-state index contributed by atoms with van der Waals surface area (Å²) in [4.78, 5) is 4.60. The Labute approximate surface area is 111 Å². The zero-order chi connectivity index (χ0) is 12.4. The number of ether oxygens (including phenoxy) is 1. The molecule has 1 atom stereocenters. The lowest BCUT2D eigenvalue weighted by atomic mass is 10.0. The van der Waals surface area contributed by atoms with Crippen molar-refractivity contribution in [1.82, 2.24) is 14.6 Å². The fourth-order valence-electron chi connectivity index (χ4n) is 2.40. The molecule has 5 heteroatoms. The van der Waals surface area contributed by atoms with Crippen LogP contribution in [0.2, 0.25) is 0 Å². The van der Waals surface area contributed by atoms with Crippen LogP contribution in [-0.2, 0) is 6.42 Å². The van der Waals surface area contributed by atoms with Gasteiger partial charge in [-0.05, 0) is 42.4 Å². The molecule has 0 N–H and O–H groups in total. The molecule has 2 aromatic rings. The molecule has 1 unspecified atom stereocenters. The summed E-state index contributed by atoms with van der Waals surface area (Å²) in [6, 6.07) is 3.85. The number of nitrogens with zero attached hydrogens (tertiary/aromatic N) is 3. The molecule has 0 bridgehead atoms. The van der Waals surface area contributed by atoms with Crippen molar-refractivity contribution >= 4 is 17.4 Å². The van der Waals surface area contributed by atoms with Crippen LogP contribution in [0.25, 0.3) is 5.65 Å². The summed E-state index contributed by atoms with van der Waals surface area (Å²) in [6.45, 7) is 0. The van der Waals surface area contributed by atoms with Crippen LogP contribution in [-0.4, -0.2) is 33.2 Å². The van der Waals surface area contributed by atoms with Gasteiger partial charge in [0.1, 0.15) is 0 Å². The van der Waals surface area contributed by atoms with Crippen molar-refractivity contribution in [2.45, 2.75) is 19.3 Å². The van der Waals surface area contributed by atoms with Gasteiger partial charge in [0, 0.05) is 12.6 Å². The molecule has 96 valence electrons. The van der Waals surface area contributed by atoms with Crippen molar-refractivity contribution in [3.05, 3.63) is 24.2 Å². The number of hydrogen-bond donors (Lipinski definition) is 0. The van der Waals surface area contributed by atoms with Crippen molar-refractivity contribution in [2.24, 2.45) is 5.92 Å². The second kappa shape index (κ2) is 5.18. The summed E-state index contributed by atoms with van der Waals surface area (Å²) in [7, 11) is 1.67. The minimum absolute atomic E-state index is 0.729. The lowest BCUT2D eigenvalue weighted by Gasteiger charge is -2.19. The van der Waals surface area contributed by atoms with Gasteiger partial charge >= 0.3 is 0 Å². The van der Waals surface area contributed by atoms with Crippen LogP contribution in [0.1, 0.15) is 18.7 Å². The molecule has 2 aromatic heterocycles. The Morgan fingerprint density at radius 3 is 3.28 bits per heavy atom. The van der Waals surface area contributed by atoms with E-state index in [0.717, 1.165) is 29.6 Å². The summed E-state index contributed by atoms with van der Waals surface area (Å²) in [6.07, 6.45) is 5.54. The number of fused-ring (bicyclic) bond motifs is 1. The minimum atomic E-state index is 0.729. The van der Waals surface area contributed by atoms with E-state index in [1.54, 1.807) is 7.11 Å². The molecular formula is C13H17N3OS. The Kier molecular flexibility index (Phi) is 3.41. The highest BCUT2D eigenvalue weighted by molar-refractivity contribution is 7.99. The first-order valence-electron chi connectivity index (χ1n) is 6.33. The van der Waals surface area contributed by atoms with Crippen molar-refractivity contribution in [3.63, 3.8) is 0 Å². The zero-order valence-electron chi connectivity index (χ0n) is 10.5. The second-order valence-corrected chi connectivity index (χ2v) is 5.81. The lowest BCUT2D eigenvalue weighted by molar-refractivity contribution is 0.416. The van der Waals surface area contributed by atoms with E-state index in [1.165, 1.54) is 24.3 Å². The van der Waals surface area contributed by atoms with Crippen molar-refractivity contribution in [2.75, 3.05) is 18.6 Å². The van der Waals surface area contributed by atoms with Gasteiger partial charge in [-0.1, -0.05) is 0 Å². The molecule has 1 aliphatic rings. The topological polar surface area (TPSA) is 39.4 Å². The average Bonchev–Trinajstić information content (AvgIpc) is 2.82. The summed E-state index contributed by atoms with van der Waals surface area (Å²) in [5.41, 5.74) is 0.818. The van der Waals surface area contributed by atoms with Gasteiger partial charge in [0.05, 0.1) is 7.11 Å². The van der Waals surface area contributed by atoms with Gasteiger partial charge in [-0.15, -0.1) is 0 Å². The van der Waals surface area contributed by atoms with E-state index in [1.807, 2.05) is 34.6 Å². The summed E-state index contributed by atoms with van der Waals surface area (Å²) in [5.74, 6) is 5.00. The second-order valence-electron chi connectivity index (χ2n) is 4.66. The summed E-state index contributed by atoms with van der Waals surface area (Å²) >= 11 is 2.05. The third-order valence-electron chi connectivity index (χ3n) is 3.32. The molecule has 0 saturated carbocycles. The Hall–Kier alpha value is -1.23. The molecule has 0 amide bonds. The number of rotatable bonds is 3. The van der Waals surface area contributed by atoms with Crippen LogP contribution in [0.4, 0.5) is 0 Å². The fraction of sp³-hybridized carbons (Fsp3) is 0.538. The highest BCUT2D eigenvalue weighted by atomic mass is 32.2. The standard InChI is InChI=1S/C13H17N3OS/c1-17-11-5-2-6-16-13(11)14-12(15-16)8-10-4-3-7-18-9-10/h2,5-6,10H,3-4,7-9H2,1H3. The van der Waals surface area contributed by atoms with Crippen molar-refractivity contribution < 1.29 is 4.74 Å². The van der Waals surface area contributed by atoms with E-state index >= 15 is 0 Å². The van der Waals surface area contributed by atoms with E-state index in [2.05, 4.69) is 10.1 Å². The van der Waals surface area contributed by atoms with Crippen LogP contribution < -0.4 is 4.74 Å². The van der Waals surface area contributed by atoms with Gasteiger partial charge in [-0.3, -0.25) is 0 Å². The molecule has 0 aliphatic carbocycles. The predicted octanol–water partition coefficient (Wildman–Crippen LogP) is 2.42. The Bertz CT molecular complexity index is 534. The maximum atomic E-state index is 5.30. The molecule has 1 fully saturated rings. The first kappa shape index (κ1) is 11.8. The molecule has 0 aromatic carbocycles. The maximum absolute atomic E-state index is 5.30. The van der Waals surface area contributed by atoms with Crippen LogP contribution >= 0.6 is 11.8 Å². The fourth-order valence-corrected chi connectivity index (χ4v) is 3.55. The van der Waals surface area contributed by atoms with Crippen LogP contribution in [0.3, 0.4) is 0 Å². The van der Waals surface area contributed by atoms with Gasteiger partial charge in [0.25, 0.3) is 0 Å². The smallest absolute Gasteiger partial charge is 0.198 e. The van der Waals surface area contributed by atoms with Crippen molar-refractivity contribution in [1.29, 1.82) is 0 Å². The van der Waals surface area contributed by atoms with E-state index in [-0.39, 0.29) is 0 Å². The summed E-state index contributed by atoms with van der Waals surface area (Å²) in [5, 5.41) is 4.53. The zero-order valence-corrected chi connectivity index (χ0v) is 11.3. The van der Waals surface area contributed by atoms with Gasteiger partial charge in [-0.25, -0.2) is 9.50 Å². The number of thioether (sulfide) groups is 1. The van der Waals surface area contributed by atoms with E-state index in [9.17, 15) is 0 Å². The normalized spacial score (nSPS) is 20.2. The average molecular weight is 263 g/mol. The first-order valence-corrected chi connectivity index (χ1v) is 7.48. The SMILES string of the molecule is COc1cccn2nc(CC3CCCSC3)nc12. The predicted molar refractivity (Wildman–Crippen MR) is 73.3 cm³/mol. The maximum Gasteiger partial charge on any atom is 0.198 e. The van der Waals surface area contributed by atoms with Crippen molar-refractivity contribution in [3.8, 4) is 5.75 Å². The minimum Gasteiger partial charge on any atom is -0.493 e. The third kappa shape index (κ3) is 2.32. The summed E-state index contributed by atoms with van der Waals surface area (Å²) < 4.78 is 7.11. The van der Waals surface area contributed by atoms with Gasteiger partial charge in [0.15, 0.2) is 17.2 Å². The Morgan fingerprint density at radius 1 is 1.56 bits per heavy atom. The number of pyridine rings is 1. The van der Waals surface area contributed by atoms with E-state index in [0.29, 0.717) is 0 Å². The van der Waals surface area contributed by atoms with Gasteiger partial charge in [-0.2, -0.15) is 16.9 Å². The highest BCUT2D eigenvalue weighted by Crippen LogP contribution is 2.25. The molecule has 1 aliphatic heterocycles. The number of aromatic nitrogens is 3. The Balaban J connectivity index is 1.84. The van der Waals surface area contributed by atoms with Gasteiger partial charge in [0.2, 0.25) is 0 Å². The third-order valence-corrected chi connectivity index (χ3v) is 4.60. The molecule has 18 heavy (non-hydrogen) atoms. The molecule has 0 radical (unpaired) electrons. The van der Waals surface area contributed by atoms with E-state index < -0.39 is 0 Å². The molecule has 4 nitrogen and oxygen atoms in total. The van der Waals surface area contributed by atoms with Crippen LogP contribution in [0, 0.1) is 5.92 Å².